The van der Waals surface area contributed by atoms with E-state index >= 15 is 0 Å². The molecule has 0 fully saturated rings. The summed E-state index contributed by atoms with van der Waals surface area (Å²) in [6, 6.07) is 0. The van der Waals surface area contributed by atoms with Crippen LogP contribution in [-0.4, -0.2) is 0 Å². The monoisotopic (exact) mass is 208 g/mol. The molecular formula is C15H28. The van der Waals surface area contributed by atoms with Gasteiger partial charge in [0.2, 0.25) is 0 Å². The Hall–Kier alpha value is -0.260. The number of hydrogen-bond acceptors (Lipinski definition) is 0. The molecule has 0 aliphatic heterocycles. The lowest BCUT2D eigenvalue weighted by atomic mass is 9.74. The van der Waals surface area contributed by atoms with E-state index in [0.29, 0.717) is 10.8 Å². The van der Waals surface area contributed by atoms with Crippen LogP contribution < -0.4 is 0 Å². The fourth-order valence-corrected chi connectivity index (χ4v) is 2.75. The van der Waals surface area contributed by atoms with Gasteiger partial charge < -0.3 is 0 Å². The van der Waals surface area contributed by atoms with E-state index in [2.05, 4.69) is 53.7 Å². The van der Waals surface area contributed by atoms with Crippen molar-refractivity contribution >= 4 is 0 Å². The van der Waals surface area contributed by atoms with Crippen molar-refractivity contribution in [1.29, 1.82) is 0 Å². The zero-order chi connectivity index (χ0) is 11.7. The van der Waals surface area contributed by atoms with Crippen LogP contribution in [0.25, 0.3) is 0 Å². The highest BCUT2D eigenvalue weighted by Gasteiger charge is 2.32. The summed E-state index contributed by atoms with van der Waals surface area (Å²) in [7, 11) is 0. The summed E-state index contributed by atoms with van der Waals surface area (Å²) in [5.41, 5.74) is 0.781. The highest BCUT2D eigenvalue weighted by Crippen LogP contribution is 2.43. The zero-order valence-electron chi connectivity index (χ0n) is 11.4. The van der Waals surface area contributed by atoms with Gasteiger partial charge in [-0.05, 0) is 35.5 Å². The third-order valence-corrected chi connectivity index (χ3v) is 4.01. The van der Waals surface area contributed by atoms with E-state index in [1.54, 1.807) is 0 Å². The molecule has 0 aromatic carbocycles. The average molecular weight is 208 g/mol. The minimum atomic E-state index is 0.391. The maximum absolute atomic E-state index is 2.44. The molecule has 0 nitrogen and oxygen atoms in total. The zero-order valence-corrected chi connectivity index (χ0v) is 11.4. The molecule has 0 saturated carbocycles. The van der Waals surface area contributed by atoms with Gasteiger partial charge in [0.25, 0.3) is 0 Å². The van der Waals surface area contributed by atoms with Crippen LogP contribution in [0.5, 0.6) is 0 Å². The quantitative estimate of drug-likeness (QED) is 0.557. The smallest absolute Gasteiger partial charge is 0.0172 e. The predicted octanol–water partition coefficient (Wildman–Crippen LogP) is 5.05. The van der Waals surface area contributed by atoms with Crippen LogP contribution in [0.4, 0.5) is 0 Å². The van der Waals surface area contributed by atoms with Gasteiger partial charge in [-0.25, -0.2) is 0 Å². The van der Waals surface area contributed by atoms with Crippen LogP contribution in [0, 0.1) is 22.7 Å². The molecule has 0 spiro atoms. The summed E-state index contributed by atoms with van der Waals surface area (Å²) in [4.78, 5) is 0. The van der Waals surface area contributed by atoms with Gasteiger partial charge in [-0.3, -0.25) is 0 Å². The SMILES string of the molecule is CCC(C)C1CC(C)(C)C=CC(C)(C)C1. The largest absolute Gasteiger partial charge is 0.0823 e. The third-order valence-electron chi connectivity index (χ3n) is 4.01. The van der Waals surface area contributed by atoms with E-state index in [0.717, 1.165) is 11.8 Å². The molecule has 0 amide bonds. The first kappa shape index (κ1) is 12.8. The van der Waals surface area contributed by atoms with Gasteiger partial charge in [-0.1, -0.05) is 60.1 Å². The molecule has 0 N–H and O–H groups in total. The van der Waals surface area contributed by atoms with E-state index < -0.39 is 0 Å². The lowest BCUT2D eigenvalue weighted by Crippen LogP contribution is -2.21. The first-order chi connectivity index (χ1) is 6.76. The van der Waals surface area contributed by atoms with Gasteiger partial charge in [-0.15, -0.1) is 0 Å². The average Bonchev–Trinajstić information content (AvgIpc) is 2.22. The molecule has 1 unspecified atom stereocenters. The molecule has 0 radical (unpaired) electrons. The topological polar surface area (TPSA) is 0 Å². The van der Waals surface area contributed by atoms with E-state index in [9.17, 15) is 0 Å². The Morgan fingerprint density at radius 1 is 1.07 bits per heavy atom. The molecule has 88 valence electrons. The van der Waals surface area contributed by atoms with Crippen molar-refractivity contribution in [2.45, 2.75) is 60.8 Å². The summed E-state index contributed by atoms with van der Waals surface area (Å²) in [6.07, 6.45) is 8.89. The molecule has 1 rings (SSSR count). The van der Waals surface area contributed by atoms with Crippen molar-refractivity contribution < 1.29 is 0 Å². The Labute approximate surface area is 96.2 Å². The van der Waals surface area contributed by atoms with E-state index in [4.69, 9.17) is 0 Å². The minimum absolute atomic E-state index is 0.391. The van der Waals surface area contributed by atoms with Gasteiger partial charge in [0.05, 0.1) is 0 Å². The van der Waals surface area contributed by atoms with Crippen LogP contribution in [0.3, 0.4) is 0 Å². The Kier molecular flexibility index (Phi) is 3.68. The summed E-state index contributed by atoms with van der Waals surface area (Å²) in [5.74, 6) is 1.75. The predicted molar refractivity (Wildman–Crippen MR) is 68.9 cm³/mol. The molecule has 1 aliphatic rings. The Balaban J connectivity index is 2.85. The third kappa shape index (κ3) is 3.66. The molecule has 0 bridgehead atoms. The van der Waals surface area contributed by atoms with Crippen molar-refractivity contribution in [2.75, 3.05) is 0 Å². The Morgan fingerprint density at radius 2 is 1.47 bits per heavy atom. The van der Waals surface area contributed by atoms with Gasteiger partial charge in [0.1, 0.15) is 0 Å². The molecular weight excluding hydrogens is 180 g/mol. The number of hydrogen-bond donors (Lipinski definition) is 0. The first-order valence-electron chi connectivity index (χ1n) is 6.46. The second-order valence-electron chi connectivity index (χ2n) is 6.86. The lowest BCUT2D eigenvalue weighted by Gasteiger charge is -2.31. The molecule has 0 heterocycles. The fraction of sp³-hybridized carbons (Fsp3) is 0.867. The van der Waals surface area contributed by atoms with Gasteiger partial charge >= 0.3 is 0 Å². The van der Waals surface area contributed by atoms with Crippen LogP contribution in [0.15, 0.2) is 12.2 Å². The molecule has 1 aliphatic carbocycles. The summed E-state index contributed by atoms with van der Waals surface area (Å²) in [5, 5.41) is 0. The second-order valence-corrected chi connectivity index (χ2v) is 6.86. The molecule has 0 heteroatoms. The number of allylic oxidation sites excluding steroid dienone is 2. The van der Waals surface area contributed by atoms with E-state index in [1.807, 2.05) is 0 Å². The van der Waals surface area contributed by atoms with Gasteiger partial charge in [0.15, 0.2) is 0 Å². The second kappa shape index (κ2) is 4.31. The first-order valence-corrected chi connectivity index (χ1v) is 6.46. The summed E-state index contributed by atoms with van der Waals surface area (Å²) in [6.45, 7) is 14.2. The Bertz CT molecular complexity index is 212. The molecule has 0 saturated heterocycles. The van der Waals surface area contributed by atoms with E-state index in [1.165, 1.54) is 19.3 Å². The Morgan fingerprint density at radius 3 is 1.80 bits per heavy atom. The molecule has 0 aromatic heterocycles. The molecule has 1 atom stereocenters. The number of rotatable bonds is 2. The van der Waals surface area contributed by atoms with Crippen molar-refractivity contribution in [3.8, 4) is 0 Å². The maximum atomic E-state index is 2.44. The van der Waals surface area contributed by atoms with Crippen molar-refractivity contribution in [3.63, 3.8) is 0 Å². The van der Waals surface area contributed by atoms with Crippen LogP contribution in [0.1, 0.15) is 60.8 Å². The van der Waals surface area contributed by atoms with Gasteiger partial charge in [-0.2, -0.15) is 0 Å². The minimum Gasteiger partial charge on any atom is -0.0823 e. The van der Waals surface area contributed by atoms with E-state index in [-0.39, 0.29) is 0 Å². The van der Waals surface area contributed by atoms with Gasteiger partial charge in [0, 0.05) is 0 Å². The summed E-state index contributed by atoms with van der Waals surface area (Å²) < 4.78 is 0. The highest BCUT2D eigenvalue weighted by atomic mass is 14.4. The van der Waals surface area contributed by atoms with Crippen molar-refractivity contribution in [3.05, 3.63) is 12.2 Å². The van der Waals surface area contributed by atoms with Crippen LogP contribution in [-0.2, 0) is 0 Å². The standard InChI is InChI=1S/C15H28/c1-7-12(2)13-10-14(3,4)8-9-15(5,6)11-13/h8-9,12-13H,7,10-11H2,1-6H3. The maximum Gasteiger partial charge on any atom is -0.0172 e. The highest BCUT2D eigenvalue weighted by molar-refractivity contribution is 5.06. The lowest BCUT2D eigenvalue weighted by molar-refractivity contribution is 0.206. The summed E-state index contributed by atoms with van der Waals surface area (Å²) >= 11 is 0. The van der Waals surface area contributed by atoms with Crippen molar-refractivity contribution in [1.82, 2.24) is 0 Å². The van der Waals surface area contributed by atoms with Crippen LogP contribution >= 0.6 is 0 Å². The molecule has 15 heavy (non-hydrogen) atoms. The van der Waals surface area contributed by atoms with Crippen LogP contribution in [0.2, 0.25) is 0 Å². The fourth-order valence-electron chi connectivity index (χ4n) is 2.75. The normalized spacial score (nSPS) is 27.3. The molecule has 0 aromatic rings. The van der Waals surface area contributed by atoms with Crippen molar-refractivity contribution in [2.24, 2.45) is 22.7 Å².